The molecule has 188 valence electrons. The molecule has 2 aliphatic heterocycles. The standard InChI is InChI=1S/C28H25ClF2O5/c1-33-24-10-7-19(25(30)26(24)31)11-20-12-21(8-9-23(20)29)28-14-22(13-27(16-32,36-28)17-35-28)34-15-18-5-3-2-4-6-18/h2-10,12,16,22H,11,13-15,17H2,1H3/t22-,27-,28+/m0/s1. The van der Waals surface area contributed by atoms with E-state index in [1.165, 1.54) is 19.2 Å². The van der Waals surface area contributed by atoms with E-state index in [4.69, 9.17) is 30.5 Å². The van der Waals surface area contributed by atoms with Crippen molar-refractivity contribution in [2.75, 3.05) is 13.7 Å². The van der Waals surface area contributed by atoms with Crippen molar-refractivity contribution in [3.05, 3.63) is 99.6 Å². The van der Waals surface area contributed by atoms with Gasteiger partial charge in [-0.25, -0.2) is 4.39 Å². The Bertz CT molecular complexity index is 1270. The second-order valence-electron chi connectivity index (χ2n) is 9.19. The van der Waals surface area contributed by atoms with Gasteiger partial charge in [-0.15, -0.1) is 0 Å². The zero-order valence-electron chi connectivity index (χ0n) is 19.6. The van der Waals surface area contributed by atoms with E-state index in [0.717, 1.165) is 11.8 Å². The number of methoxy groups -OCH3 is 1. The molecule has 2 heterocycles. The number of hydrogen-bond acceptors (Lipinski definition) is 5. The minimum Gasteiger partial charge on any atom is -0.494 e. The van der Waals surface area contributed by atoms with Gasteiger partial charge in [0.15, 0.2) is 29.2 Å². The highest BCUT2D eigenvalue weighted by Gasteiger charge is 2.58. The normalized spacial score (nSPS) is 25.1. The summed E-state index contributed by atoms with van der Waals surface area (Å²) in [5.41, 5.74) is 1.23. The smallest absolute Gasteiger partial charge is 0.200 e. The lowest BCUT2D eigenvalue weighted by molar-refractivity contribution is -0.243. The third-order valence-electron chi connectivity index (χ3n) is 6.74. The minimum atomic E-state index is -1.22. The van der Waals surface area contributed by atoms with Gasteiger partial charge in [-0.1, -0.05) is 54.1 Å². The molecule has 3 aromatic rings. The van der Waals surface area contributed by atoms with Crippen LogP contribution in [-0.4, -0.2) is 31.7 Å². The molecule has 0 N–H and O–H groups in total. The fraction of sp³-hybridized carbons (Fsp3) is 0.321. The number of hydrogen-bond donors (Lipinski definition) is 0. The lowest BCUT2D eigenvalue weighted by Crippen LogP contribution is -2.47. The zero-order chi connectivity index (χ0) is 25.3. The monoisotopic (exact) mass is 514 g/mol. The predicted octanol–water partition coefficient (Wildman–Crippen LogP) is 5.73. The molecule has 2 saturated heterocycles. The predicted molar refractivity (Wildman–Crippen MR) is 129 cm³/mol. The summed E-state index contributed by atoms with van der Waals surface area (Å²) in [5, 5.41) is 0.387. The number of ether oxygens (including phenoxy) is 4. The van der Waals surface area contributed by atoms with Crippen molar-refractivity contribution in [1.29, 1.82) is 0 Å². The maximum atomic E-state index is 14.6. The van der Waals surface area contributed by atoms with Gasteiger partial charge in [0.05, 0.1) is 26.4 Å². The second-order valence-corrected chi connectivity index (χ2v) is 9.60. The summed E-state index contributed by atoms with van der Waals surface area (Å²) in [6.07, 6.45) is 1.27. The van der Waals surface area contributed by atoms with Crippen LogP contribution in [0.1, 0.15) is 35.1 Å². The van der Waals surface area contributed by atoms with Crippen LogP contribution in [0.25, 0.3) is 0 Å². The van der Waals surface area contributed by atoms with E-state index in [-0.39, 0.29) is 30.4 Å². The highest BCUT2D eigenvalue weighted by molar-refractivity contribution is 6.31. The summed E-state index contributed by atoms with van der Waals surface area (Å²) < 4.78 is 52.3. The molecule has 8 heteroatoms. The van der Waals surface area contributed by atoms with Crippen molar-refractivity contribution in [2.24, 2.45) is 0 Å². The molecule has 0 saturated carbocycles. The van der Waals surface area contributed by atoms with Gasteiger partial charge >= 0.3 is 0 Å². The van der Waals surface area contributed by atoms with E-state index in [0.29, 0.717) is 35.6 Å². The lowest BCUT2D eigenvalue weighted by Gasteiger charge is -2.39. The van der Waals surface area contributed by atoms with Crippen molar-refractivity contribution < 1.29 is 32.5 Å². The number of fused-ring (bicyclic) bond motifs is 2. The highest BCUT2D eigenvalue weighted by atomic mass is 35.5. The van der Waals surface area contributed by atoms with Crippen LogP contribution < -0.4 is 4.74 Å². The highest BCUT2D eigenvalue weighted by Crippen LogP contribution is 2.50. The maximum absolute atomic E-state index is 14.6. The van der Waals surface area contributed by atoms with E-state index < -0.39 is 23.0 Å². The molecule has 0 radical (unpaired) electrons. The molecule has 3 aromatic carbocycles. The van der Waals surface area contributed by atoms with Crippen molar-refractivity contribution in [1.82, 2.24) is 0 Å². The van der Waals surface area contributed by atoms with Crippen LogP contribution in [-0.2, 0) is 37.8 Å². The van der Waals surface area contributed by atoms with Gasteiger partial charge in [0.25, 0.3) is 0 Å². The lowest BCUT2D eigenvalue weighted by atomic mass is 9.88. The van der Waals surface area contributed by atoms with Crippen molar-refractivity contribution in [3.63, 3.8) is 0 Å². The van der Waals surface area contributed by atoms with Crippen LogP contribution in [0.2, 0.25) is 5.02 Å². The Morgan fingerprint density at radius 3 is 2.61 bits per heavy atom. The number of carbonyl (C=O) groups is 1. The first-order valence-corrected chi connectivity index (χ1v) is 12.0. The van der Waals surface area contributed by atoms with Crippen LogP contribution in [0.15, 0.2) is 60.7 Å². The summed E-state index contributed by atoms with van der Waals surface area (Å²) in [4.78, 5) is 12.0. The van der Waals surface area contributed by atoms with E-state index >= 15 is 0 Å². The van der Waals surface area contributed by atoms with Gasteiger partial charge in [-0.2, -0.15) is 4.39 Å². The molecule has 3 atom stereocenters. The molecule has 0 aliphatic carbocycles. The van der Waals surface area contributed by atoms with E-state index in [1.54, 1.807) is 18.2 Å². The fourth-order valence-electron chi connectivity index (χ4n) is 4.88. The summed E-state index contributed by atoms with van der Waals surface area (Å²) in [6, 6.07) is 17.8. The Labute approximate surface area is 212 Å². The number of aldehydes is 1. The molecule has 5 nitrogen and oxygen atoms in total. The third-order valence-corrected chi connectivity index (χ3v) is 7.11. The number of rotatable bonds is 8. The van der Waals surface area contributed by atoms with Crippen molar-refractivity contribution >= 4 is 17.9 Å². The molecule has 5 rings (SSSR count). The van der Waals surface area contributed by atoms with Crippen LogP contribution in [0.5, 0.6) is 5.75 Å². The van der Waals surface area contributed by atoms with Crippen molar-refractivity contribution in [2.45, 2.75) is 43.4 Å². The van der Waals surface area contributed by atoms with E-state index in [9.17, 15) is 13.6 Å². The first-order chi connectivity index (χ1) is 17.4. The van der Waals surface area contributed by atoms with Gasteiger partial charge in [-0.05, 0) is 34.9 Å². The maximum Gasteiger partial charge on any atom is 0.200 e. The van der Waals surface area contributed by atoms with Gasteiger partial charge in [0, 0.05) is 29.8 Å². The molecule has 2 bridgehead atoms. The molecule has 0 amide bonds. The Morgan fingerprint density at radius 1 is 1.06 bits per heavy atom. The van der Waals surface area contributed by atoms with Crippen LogP contribution in [0.4, 0.5) is 8.78 Å². The van der Waals surface area contributed by atoms with Crippen LogP contribution in [0, 0.1) is 11.6 Å². The topological polar surface area (TPSA) is 54.0 Å². The van der Waals surface area contributed by atoms with E-state index in [1.807, 2.05) is 30.3 Å². The largest absolute Gasteiger partial charge is 0.494 e. The molecular formula is C28H25ClF2O5. The van der Waals surface area contributed by atoms with Gasteiger partial charge in [0.1, 0.15) is 0 Å². The second kappa shape index (κ2) is 9.90. The molecule has 2 aliphatic rings. The Balaban J connectivity index is 1.42. The Kier molecular flexibility index (Phi) is 6.83. The average Bonchev–Trinajstić information content (AvgIpc) is 3.19. The summed E-state index contributed by atoms with van der Waals surface area (Å²) in [6.45, 7) is 0.489. The fourth-order valence-corrected chi connectivity index (χ4v) is 5.06. The number of carbonyl (C=O) groups excluding carboxylic acids is 1. The average molecular weight is 515 g/mol. The quantitative estimate of drug-likeness (QED) is 0.359. The Hall–Kier alpha value is -2.84. The van der Waals surface area contributed by atoms with Crippen LogP contribution >= 0.6 is 11.6 Å². The zero-order valence-corrected chi connectivity index (χ0v) is 20.4. The van der Waals surface area contributed by atoms with Gasteiger partial charge in [-0.3, -0.25) is 0 Å². The third kappa shape index (κ3) is 4.64. The van der Waals surface area contributed by atoms with Gasteiger partial charge in [0.2, 0.25) is 5.82 Å². The minimum absolute atomic E-state index is 0.0439. The number of halogens is 3. The van der Waals surface area contributed by atoms with Crippen molar-refractivity contribution in [3.8, 4) is 5.75 Å². The Morgan fingerprint density at radius 2 is 1.86 bits per heavy atom. The molecule has 0 aromatic heterocycles. The van der Waals surface area contributed by atoms with Gasteiger partial charge < -0.3 is 23.7 Å². The first kappa shape index (κ1) is 24.8. The first-order valence-electron chi connectivity index (χ1n) is 11.6. The molecule has 0 spiro atoms. The SMILES string of the molecule is COc1ccc(Cc2cc([C@]34C[C@@H](OCc5ccccc5)C[C@](C=O)(CO3)O4)ccc2Cl)c(F)c1F. The van der Waals surface area contributed by atoms with E-state index in [2.05, 4.69) is 0 Å². The molecule has 0 unspecified atom stereocenters. The molecule has 2 fully saturated rings. The molecular weight excluding hydrogens is 490 g/mol. The van der Waals surface area contributed by atoms with Crippen LogP contribution in [0.3, 0.4) is 0 Å². The summed E-state index contributed by atoms with van der Waals surface area (Å²) in [5.74, 6) is -3.43. The number of benzene rings is 3. The summed E-state index contributed by atoms with van der Waals surface area (Å²) >= 11 is 6.43. The molecule has 36 heavy (non-hydrogen) atoms. The summed E-state index contributed by atoms with van der Waals surface area (Å²) in [7, 11) is 1.28.